The van der Waals surface area contributed by atoms with Crippen LogP contribution >= 0.6 is 0 Å². The first-order chi connectivity index (χ1) is 9.06. The van der Waals surface area contributed by atoms with Crippen LogP contribution in [-0.4, -0.2) is 44.1 Å². The van der Waals surface area contributed by atoms with Crippen LogP contribution in [-0.2, 0) is 7.05 Å². The fourth-order valence-corrected chi connectivity index (χ4v) is 2.05. The Balaban J connectivity index is 2.58. The van der Waals surface area contributed by atoms with Gasteiger partial charge in [-0.25, -0.2) is 9.78 Å². The zero-order valence-electron chi connectivity index (χ0n) is 10.8. The summed E-state index contributed by atoms with van der Waals surface area (Å²) in [5.74, 6) is -1.04. The average Bonchev–Trinajstić information content (AvgIpc) is 2.65. The van der Waals surface area contributed by atoms with Gasteiger partial charge in [-0.05, 0) is 13.3 Å². The molecule has 0 spiro atoms. The first-order valence-corrected chi connectivity index (χ1v) is 5.96. The molecule has 2 rings (SSSR count). The maximum Gasteiger partial charge on any atom is 0.339 e. The van der Waals surface area contributed by atoms with Crippen molar-refractivity contribution in [3.8, 4) is 0 Å². The molecule has 0 aliphatic rings. The lowest BCUT2D eigenvalue weighted by Gasteiger charge is -2.10. The lowest BCUT2D eigenvalue weighted by molar-refractivity contribution is 0.0697. The fourth-order valence-electron chi connectivity index (χ4n) is 2.05. The number of carboxylic acid groups (broad SMARTS) is 1. The number of aliphatic hydroxyl groups excluding tert-OH is 1. The predicted octanol–water partition coefficient (Wildman–Crippen LogP) is 0.769. The van der Waals surface area contributed by atoms with E-state index in [1.54, 1.807) is 11.7 Å². The van der Waals surface area contributed by atoms with Gasteiger partial charge in [0.25, 0.3) is 0 Å². The van der Waals surface area contributed by atoms with Crippen molar-refractivity contribution in [1.82, 2.24) is 14.8 Å². The van der Waals surface area contributed by atoms with Gasteiger partial charge in [-0.15, -0.1) is 0 Å². The van der Waals surface area contributed by atoms with Crippen molar-refractivity contribution >= 4 is 22.7 Å². The van der Waals surface area contributed by atoms with E-state index in [1.807, 2.05) is 6.92 Å². The molecule has 0 saturated heterocycles. The molecule has 0 radical (unpaired) electrons. The summed E-state index contributed by atoms with van der Waals surface area (Å²) in [6.07, 6.45) is 1.87. The molecule has 2 aromatic heterocycles. The van der Waals surface area contributed by atoms with E-state index < -0.39 is 5.97 Å². The number of aliphatic hydroxyl groups is 1. The number of aromatic carboxylic acids is 1. The van der Waals surface area contributed by atoms with Gasteiger partial charge < -0.3 is 15.5 Å². The van der Waals surface area contributed by atoms with Crippen LogP contribution in [0.15, 0.2) is 6.20 Å². The zero-order chi connectivity index (χ0) is 14.0. The van der Waals surface area contributed by atoms with E-state index in [9.17, 15) is 9.90 Å². The topological polar surface area (TPSA) is 100 Å². The molecule has 0 amide bonds. The molecule has 0 unspecified atom stereocenters. The largest absolute Gasteiger partial charge is 0.478 e. The smallest absolute Gasteiger partial charge is 0.339 e. The molecule has 19 heavy (non-hydrogen) atoms. The molecule has 0 atom stereocenters. The predicted molar refractivity (Wildman–Crippen MR) is 70.4 cm³/mol. The van der Waals surface area contributed by atoms with Gasteiger partial charge in [0, 0.05) is 26.4 Å². The number of anilines is 1. The van der Waals surface area contributed by atoms with Crippen molar-refractivity contribution in [2.45, 2.75) is 13.3 Å². The summed E-state index contributed by atoms with van der Waals surface area (Å²) in [7, 11) is 1.76. The molecule has 7 heteroatoms. The Bertz CT molecular complexity index is 621. The van der Waals surface area contributed by atoms with Crippen LogP contribution in [0.3, 0.4) is 0 Å². The maximum absolute atomic E-state index is 11.3. The standard InChI is InChI=1S/C12H16N4O3/c1-7-9-10(13-4-3-5-17)8(12(18)19)6-14-11(9)16(2)15-7/h6,17H,3-5H2,1-2H3,(H,13,14)(H,18,19). The first kappa shape index (κ1) is 13.3. The Morgan fingerprint density at radius 2 is 2.26 bits per heavy atom. The van der Waals surface area contributed by atoms with Crippen molar-refractivity contribution in [2.75, 3.05) is 18.5 Å². The number of aromatic nitrogens is 3. The Morgan fingerprint density at radius 3 is 2.89 bits per heavy atom. The molecule has 0 aliphatic carbocycles. The molecule has 0 saturated carbocycles. The van der Waals surface area contributed by atoms with Gasteiger partial charge in [0.15, 0.2) is 5.65 Å². The second kappa shape index (κ2) is 5.23. The van der Waals surface area contributed by atoms with Gasteiger partial charge in [-0.3, -0.25) is 4.68 Å². The highest BCUT2D eigenvalue weighted by Crippen LogP contribution is 2.28. The Morgan fingerprint density at radius 1 is 1.53 bits per heavy atom. The molecule has 3 N–H and O–H groups in total. The summed E-state index contributed by atoms with van der Waals surface area (Å²) in [5, 5.41) is 26.1. The van der Waals surface area contributed by atoms with Crippen LogP contribution in [0.1, 0.15) is 22.5 Å². The van der Waals surface area contributed by atoms with Gasteiger partial charge >= 0.3 is 5.97 Å². The second-order valence-electron chi connectivity index (χ2n) is 4.26. The Hall–Kier alpha value is -2.15. The van der Waals surface area contributed by atoms with E-state index in [2.05, 4.69) is 15.4 Å². The SMILES string of the molecule is Cc1nn(C)c2ncc(C(=O)O)c(NCCCO)c12. The minimum atomic E-state index is -1.04. The number of rotatable bonds is 5. The van der Waals surface area contributed by atoms with E-state index in [0.29, 0.717) is 29.7 Å². The number of fused-ring (bicyclic) bond motifs is 1. The van der Waals surface area contributed by atoms with Crippen LogP contribution in [0.25, 0.3) is 11.0 Å². The highest BCUT2D eigenvalue weighted by atomic mass is 16.4. The van der Waals surface area contributed by atoms with E-state index in [-0.39, 0.29) is 12.2 Å². The van der Waals surface area contributed by atoms with E-state index in [4.69, 9.17) is 5.11 Å². The van der Waals surface area contributed by atoms with Crippen LogP contribution in [0, 0.1) is 6.92 Å². The third kappa shape index (κ3) is 2.37. The summed E-state index contributed by atoms with van der Waals surface area (Å²) in [5.41, 5.74) is 1.98. The van der Waals surface area contributed by atoms with Gasteiger partial charge in [0.05, 0.1) is 16.8 Å². The van der Waals surface area contributed by atoms with Crippen LogP contribution in [0.4, 0.5) is 5.69 Å². The lowest BCUT2D eigenvalue weighted by atomic mass is 10.1. The molecule has 0 aliphatic heterocycles. The molecule has 0 aromatic carbocycles. The average molecular weight is 264 g/mol. The number of hydrogen-bond donors (Lipinski definition) is 3. The minimum Gasteiger partial charge on any atom is -0.478 e. The van der Waals surface area contributed by atoms with Crippen molar-refractivity contribution in [3.05, 3.63) is 17.5 Å². The number of nitrogens with zero attached hydrogens (tertiary/aromatic N) is 3. The Kier molecular flexibility index (Phi) is 3.66. The molecule has 7 nitrogen and oxygen atoms in total. The number of pyridine rings is 1. The van der Waals surface area contributed by atoms with Crippen LogP contribution in [0.2, 0.25) is 0 Å². The summed E-state index contributed by atoms with van der Waals surface area (Å²) >= 11 is 0. The number of carboxylic acids is 1. The zero-order valence-corrected chi connectivity index (χ0v) is 10.8. The van der Waals surface area contributed by atoms with Crippen LogP contribution in [0.5, 0.6) is 0 Å². The number of hydrogen-bond acceptors (Lipinski definition) is 5. The van der Waals surface area contributed by atoms with Crippen molar-refractivity contribution < 1.29 is 15.0 Å². The van der Waals surface area contributed by atoms with E-state index in [0.717, 1.165) is 5.69 Å². The van der Waals surface area contributed by atoms with Gasteiger partial charge in [-0.1, -0.05) is 0 Å². The molecule has 102 valence electrons. The molecule has 0 fully saturated rings. The summed E-state index contributed by atoms with van der Waals surface area (Å²) in [6, 6.07) is 0. The van der Waals surface area contributed by atoms with Gasteiger partial charge in [-0.2, -0.15) is 5.10 Å². The molecule has 2 aromatic rings. The highest BCUT2D eigenvalue weighted by molar-refractivity contribution is 6.04. The first-order valence-electron chi connectivity index (χ1n) is 5.96. The van der Waals surface area contributed by atoms with Crippen molar-refractivity contribution in [3.63, 3.8) is 0 Å². The number of aryl methyl sites for hydroxylation is 2. The summed E-state index contributed by atoms with van der Waals surface area (Å²) in [4.78, 5) is 15.4. The summed E-state index contributed by atoms with van der Waals surface area (Å²) in [6.45, 7) is 2.35. The second-order valence-corrected chi connectivity index (χ2v) is 4.26. The molecular weight excluding hydrogens is 248 g/mol. The molecule has 2 heterocycles. The third-order valence-corrected chi connectivity index (χ3v) is 2.89. The van der Waals surface area contributed by atoms with E-state index in [1.165, 1.54) is 6.20 Å². The number of carbonyl (C=O) groups is 1. The van der Waals surface area contributed by atoms with Gasteiger partial charge in [0.2, 0.25) is 0 Å². The Labute approximate surface area is 109 Å². The molecule has 0 bridgehead atoms. The molecular formula is C12H16N4O3. The highest BCUT2D eigenvalue weighted by Gasteiger charge is 2.18. The quantitative estimate of drug-likeness (QED) is 0.690. The van der Waals surface area contributed by atoms with E-state index >= 15 is 0 Å². The maximum atomic E-state index is 11.3. The minimum absolute atomic E-state index is 0.0512. The van der Waals surface area contributed by atoms with Gasteiger partial charge in [0.1, 0.15) is 5.56 Å². The lowest BCUT2D eigenvalue weighted by Crippen LogP contribution is -2.10. The van der Waals surface area contributed by atoms with Crippen LogP contribution < -0.4 is 5.32 Å². The van der Waals surface area contributed by atoms with Crippen molar-refractivity contribution in [1.29, 1.82) is 0 Å². The fraction of sp³-hybridized carbons (Fsp3) is 0.417. The number of nitrogens with one attached hydrogen (secondary N) is 1. The third-order valence-electron chi connectivity index (χ3n) is 2.89. The monoisotopic (exact) mass is 264 g/mol. The van der Waals surface area contributed by atoms with Crippen molar-refractivity contribution in [2.24, 2.45) is 7.05 Å². The normalized spacial score (nSPS) is 10.9. The summed E-state index contributed by atoms with van der Waals surface area (Å²) < 4.78 is 1.62.